The smallest absolute Gasteiger partial charge is 0.263 e. The Hall–Kier alpha value is -1.64. The van der Waals surface area contributed by atoms with Gasteiger partial charge < -0.3 is 10.6 Å². The first-order chi connectivity index (χ1) is 10.9. The van der Waals surface area contributed by atoms with E-state index in [1.165, 1.54) is 6.07 Å². The first-order valence-corrected chi connectivity index (χ1v) is 9.13. The minimum Gasteiger partial charge on any atom is -0.337 e. The second-order valence-corrected chi connectivity index (χ2v) is 7.47. The largest absolute Gasteiger partial charge is 0.337 e. The second-order valence-electron chi connectivity index (χ2n) is 5.82. The topological polar surface area (TPSA) is 105 Å². The van der Waals surface area contributed by atoms with Gasteiger partial charge in [-0.15, -0.1) is 12.4 Å². The van der Waals surface area contributed by atoms with Crippen molar-refractivity contribution in [3.63, 3.8) is 0 Å². The molecule has 0 aliphatic carbocycles. The monoisotopic (exact) mass is 372 g/mol. The molecule has 0 spiro atoms. The molecule has 2 atom stereocenters. The highest BCUT2D eigenvalue weighted by molar-refractivity contribution is 7.90. The fraction of sp³-hybridized carbons (Fsp3) is 0.467. The van der Waals surface area contributed by atoms with E-state index in [4.69, 9.17) is 5.73 Å². The Bertz CT molecular complexity index is 766. The molecule has 2 aliphatic rings. The van der Waals surface area contributed by atoms with Gasteiger partial charge in [0.15, 0.2) is 0 Å². The highest BCUT2D eigenvalue weighted by atomic mass is 35.5. The maximum Gasteiger partial charge on any atom is 0.263 e. The molecule has 7 nitrogen and oxygen atoms in total. The maximum absolute atomic E-state index is 12.6. The van der Waals surface area contributed by atoms with Crippen molar-refractivity contribution >= 4 is 34.2 Å². The predicted molar refractivity (Wildman–Crippen MR) is 93.8 cm³/mol. The number of likely N-dealkylation sites (tertiary alicyclic amines) is 1. The van der Waals surface area contributed by atoms with Gasteiger partial charge in [0.1, 0.15) is 11.9 Å². The summed E-state index contributed by atoms with van der Waals surface area (Å²) in [6, 6.07) is 6.00. The van der Waals surface area contributed by atoms with Crippen molar-refractivity contribution in [1.29, 1.82) is 0 Å². The molecule has 2 aliphatic heterocycles. The van der Waals surface area contributed by atoms with Gasteiger partial charge in [-0.2, -0.15) is 0 Å². The molecule has 9 heteroatoms. The Kier molecular flexibility index (Phi) is 5.52. The quantitative estimate of drug-likeness (QED) is 0.805. The zero-order valence-electron chi connectivity index (χ0n) is 13.3. The lowest BCUT2D eigenvalue weighted by Gasteiger charge is -2.25. The number of sulfonamides is 1. The van der Waals surface area contributed by atoms with Crippen molar-refractivity contribution in [3.8, 4) is 0 Å². The number of amidine groups is 1. The zero-order valence-corrected chi connectivity index (χ0v) is 14.9. The first-order valence-electron chi connectivity index (χ1n) is 7.64. The molecule has 3 N–H and O–H groups in total. The van der Waals surface area contributed by atoms with Gasteiger partial charge in [0, 0.05) is 24.7 Å². The Morgan fingerprint density at radius 2 is 2.17 bits per heavy atom. The number of carbonyl (C=O) groups excluding carboxylic acids is 1. The van der Waals surface area contributed by atoms with E-state index in [0.29, 0.717) is 18.7 Å². The number of fused-ring (bicyclic) bond motifs is 1. The Labute approximate surface area is 147 Å². The van der Waals surface area contributed by atoms with Gasteiger partial charge in [0.05, 0.1) is 4.90 Å². The van der Waals surface area contributed by atoms with E-state index in [9.17, 15) is 13.2 Å². The third-order valence-electron chi connectivity index (χ3n) is 4.28. The van der Waals surface area contributed by atoms with Crippen LogP contribution in [0.25, 0.3) is 0 Å². The molecule has 0 bridgehead atoms. The molecule has 1 aromatic rings. The van der Waals surface area contributed by atoms with Crippen LogP contribution in [0.1, 0.15) is 25.3 Å². The summed E-state index contributed by atoms with van der Waals surface area (Å²) in [5.41, 5.74) is 6.21. The minimum atomic E-state index is -3.59. The molecule has 0 aromatic heterocycles. The third kappa shape index (κ3) is 3.26. The Balaban J connectivity index is 0.00000208. The summed E-state index contributed by atoms with van der Waals surface area (Å²) < 4.78 is 26.6. The van der Waals surface area contributed by atoms with Gasteiger partial charge in [-0.3, -0.25) is 14.5 Å². The van der Waals surface area contributed by atoms with Crippen LogP contribution >= 0.6 is 12.4 Å². The normalized spacial score (nSPS) is 24.2. The van der Waals surface area contributed by atoms with Crippen molar-refractivity contribution in [2.24, 2.45) is 10.7 Å². The molecule has 1 amide bonds. The number of nitrogens with two attached hydrogens (primary N) is 1. The van der Waals surface area contributed by atoms with Gasteiger partial charge in [-0.1, -0.05) is 12.1 Å². The maximum atomic E-state index is 12.6. The second kappa shape index (κ2) is 7.08. The number of nitrogens with zero attached hydrogens (tertiary/aromatic N) is 2. The molecule has 132 valence electrons. The van der Waals surface area contributed by atoms with Crippen LogP contribution in [0, 0.1) is 0 Å². The van der Waals surface area contributed by atoms with Gasteiger partial charge in [0.25, 0.3) is 10.0 Å². The average molecular weight is 373 g/mol. The van der Waals surface area contributed by atoms with E-state index in [2.05, 4.69) is 9.71 Å². The predicted octanol–water partition coefficient (Wildman–Crippen LogP) is 0.485. The van der Waals surface area contributed by atoms with Gasteiger partial charge in [-0.05, 0) is 31.9 Å². The molecule has 0 radical (unpaired) electrons. The summed E-state index contributed by atoms with van der Waals surface area (Å²) in [7, 11) is -3.59. The van der Waals surface area contributed by atoms with E-state index in [-0.39, 0.29) is 35.1 Å². The minimum absolute atomic E-state index is 0. The van der Waals surface area contributed by atoms with Crippen LogP contribution in [-0.4, -0.2) is 50.2 Å². The molecule has 1 fully saturated rings. The van der Waals surface area contributed by atoms with Gasteiger partial charge in [-0.25, -0.2) is 8.42 Å². The molecule has 3 rings (SSSR count). The number of rotatable bonds is 3. The standard InChI is InChI=1S/C15H20N4O3S.ClH/c1-10(15(20)19-8-4-5-11(19)9-16)17-14-12-6-2-3-7-13(12)23(21,22)18-14;/h2-3,6-7,10-11H,4-5,8-9,16H2,1H3,(H,17,18);1H. The molecular formula is C15H21ClN4O3S. The number of amides is 1. The van der Waals surface area contributed by atoms with Crippen molar-refractivity contribution in [2.45, 2.75) is 36.7 Å². The van der Waals surface area contributed by atoms with Crippen molar-refractivity contribution in [1.82, 2.24) is 9.62 Å². The van der Waals surface area contributed by atoms with Crippen LogP contribution in [0.2, 0.25) is 0 Å². The number of carbonyl (C=O) groups is 1. The first kappa shape index (κ1) is 18.7. The van der Waals surface area contributed by atoms with Crippen molar-refractivity contribution in [2.75, 3.05) is 13.1 Å². The number of hydrogen-bond donors (Lipinski definition) is 2. The van der Waals surface area contributed by atoms with Crippen LogP contribution in [0.5, 0.6) is 0 Å². The van der Waals surface area contributed by atoms with E-state index in [1.807, 2.05) is 0 Å². The lowest BCUT2D eigenvalue weighted by molar-refractivity contribution is -0.132. The molecule has 24 heavy (non-hydrogen) atoms. The summed E-state index contributed by atoms with van der Waals surface area (Å²) in [4.78, 5) is 18.8. The lowest BCUT2D eigenvalue weighted by Crippen LogP contribution is -2.44. The van der Waals surface area contributed by atoms with Gasteiger partial charge >= 0.3 is 0 Å². The Morgan fingerprint density at radius 1 is 1.46 bits per heavy atom. The molecule has 0 saturated carbocycles. The Morgan fingerprint density at radius 3 is 2.88 bits per heavy atom. The SMILES string of the molecule is CC(N=C1NS(=O)(=O)c2ccccc21)C(=O)N1CCCC1CN.Cl. The summed E-state index contributed by atoms with van der Waals surface area (Å²) in [6.07, 6.45) is 1.84. The van der Waals surface area contributed by atoms with E-state index in [1.54, 1.807) is 30.0 Å². The van der Waals surface area contributed by atoms with Crippen LogP contribution in [0.4, 0.5) is 0 Å². The number of halogens is 1. The van der Waals surface area contributed by atoms with Gasteiger partial charge in [0.2, 0.25) is 5.91 Å². The number of aliphatic imine (C=N–C) groups is 1. The summed E-state index contributed by atoms with van der Waals surface area (Å²) in [5.74, 6) is 0.110. The van der Waals surface area contributed by atoms with E-state index >= 15 is 0 Å². The summed E-state index contributed by atoms with van der Waals surface area (Å²) in [5, 5.41) is 0. The molecule has 2 unspecified atom stereocenters. The number of nitrogens with one attached hydrogen (secondary N) is 1. The fourth-order valence-electron chi connectivity index (χ4n) is 3.09. The molecule has 1 saturated heterocycles. The fourth-order valence-corrected chi connectivity index (χ4v) is 4.33. The van der Waals surface area contributed by atoms with Crippen LogP contribution in [0.3, 0.4) is 0 Å². The molecule has 1 aromatic carbocycles. The number of benzene rings is 1. The zero-order chi connectivity index (χ0) is 16.6. The van der Waals surface area contributed by atoms with E-state index in [0.717, 1.165) is 12.8 Å². The molecule has 2 heterocycles. The molecular weight excluding hydrogens is 352 g/mol. The van der Waals surface area contributed by atoms with Crippen molar-refractivity contribution < 1.29 is 13.2 Å². The van der Waals surface area contributed by atoms with Crippen LogP contribution in [0.15, 0.2) is 34.2 Å². The van der Waals surface area contributed by atoms with Crippen LogP contribution < -0.4 is 10.5 Å². The highest BCUT2D eigenvalue weighted by Crippen LogP contribution is 2.23. The third-order valence-corrected chi connectivity index (χ3v) is 5.67. The van der Waals surface area contributed by atoms with Crippen LogP contribution in [-0.2, 0) is 14.8 Å². The van der Waals surface area contributed by atoms with E-state index < -0.39 is 16.1 Å². The highest BCUT2D eigenvalue weighted by Gasteiger charge is 2.33. The lowest BCUT2D eigenvalue weighted by atomic mass is 10.2. The average Bonchev–Trinajstić information content (AvgIpc) is 3.10. The summed E-state index contributed by atoms with van der Waals surface area (Å²) >= 11 is 0. The summed E-state index contributed by atoms with van der Waals surface area (Å²) in [6.45, 7) is 2.79. The van der Waals surface area contributed by atoms with Crippen molar-refractivity contribution in [3.05, 3.63) is 29.8 Å². The number of hydrogen-bond acceptors (Lipinski definition) is 5.